The van der Waals surface area contributed by atoms with Crippen molar-refractivity contribution in [2.45, 2.75) is 44.9 Å². The summed E-state index contributed by atoms with van der Waals surface area (Å²) in [5, 5.41) is 5.84. The normalized spacial score (nSPS) is 14.0. The van der Waals surface area contributed by atoms with E-state index in [1.54, 1.807) is 0 Å². The maximum Gasteiger partial charge on any atom is 0.00786 e. The fourth-order valence-corrected chi connectivity index (χ4v) is 3.66. The molecule has 2 heteroatoms. The van der Waals surface area contributed by atoms with Gasteiger partial charge in [-0.25, -0.2) is 0 Å². The summed E-state index contributed by atoms with van der Waals surface area (Å²) < 4.78 is 0. The van der Waals surface area contributed by atoms with E-state index in [1.807, 2.05) is 11.3 Å². The molecule has 0 aliphatic rings. The topological polar surface area (TPSA) is 12.0 Å². The molecule has 1 aromatic carbocycles. The molecule has 1 unspecified atom stereocenters. The SMILES string of the molecule is CCCNCC(CC)(CCc1cccs1)c1ccccc1. The van der Waals surface area contributed by atoms with Crippen LogP contribution < -0.4 is 5.32 Å². The standard InChI is InChI=1S/C19H27NS/c1-3-14-20-16-19(4-2,17-9-6-5-7-10-17)13-12-18-11-8-15-21-18/h5-11,15,20H,3-4,12-14,16H2,1-2H3. The zero-order valence-corrected chi connectivity index (χ0v) is 14.1. The van der Waals surface area contributed by atoms with Gasteiger partial charge in [0, 0.05) is 16.8 Å². The van der Waals surface area contributed by atoms with Crippen molar-refractivity contribution in [2.75, 3.05) is 13.1 Å². The zero-order valence-electron chi connectivity index (χ0n) is 13.3. The molecule has 1 N–H and O–H groups in total. The molecule has 1 atom stereocenters. The molecule has 0 bridgehead atoms. The number of thiophene rings is 1. The van der Waals surface area contributed by atoms with Gasteiger partial charge in [0.25, 0.3) is 0 Å². The largest absolute Gasteiger partial charge is 0.316 e. The first-order chi connectivity index (χ1) is 10.3. The summed E-state index contributed by atoms with van der Waals surface area (Å²) in [6.07, 6.45) is 4.76. The Kier molecular flexibility index (Phi) is 6.47. The van der Waals surface area contributed by atoms with Crippen LogP contribution in [0.4, 0.5) is 0 Å². The van der Waals surface area contributed by atoms with Crippen molar-refractivity contribution in [3.05, 3.63) is 58.3 Å². The molecule has 1 heterocycles. The van der Waals surface area contributed by atoms with Gasteiger partial charge in [-0.3, -0.25) is 0 Å². The lowest BCUT2D eigenvalue weighted by molar-refractivity contribution is 0.356. The Balaban J connectivity index is 2.14. The van der Waals surface area contributed by atoms with Crippen molar-refractivity contribution in [1.29, 1.82) is 0 Å². The Hall–Kier alpha value is -1.12. The number of hydrogen-bond donors (Lipinski definition) is 1. The molecule has 21 heavy (non-hydrogen) atoms. The van der Waals surface area contributed by atoms with Crippen molar-refractivity contribution in [2.24, 2.45) is 0 Å². The van der Waals surface area contributed by atoms with Gasteiger partial charge in [-0.2, -0.15) is 0 Å². The highest BCUT2D eigenvalue weighted by Gasteiger charge is 2.29. The number of nitrogens with one attached hydrogen (secondary N) is 1. The first kappa shape index (κ1) is 16.3. The second-order valence-electron chi connectivity index (χ2n) is 5.76. The Morgan fingerprint density at radius 1 is 1.05 bits per heavy atom. The average Bonchev–Trinajstić information content (AvgIpc) is 3.05. The molecule has 0 spiro atoms. The highest BCUT2D eigenvalue weighted by atomic mass is 32.1. The molecular weight excluding hydrogens is 274 g/mol. The Bertz CT molecular complexity index is 492. The second kappa shape index (κ2) is 8.35. The van der Waals surface area contributed by atoms with Gasteiger partial charge in [0.15, 0.2) is 0 Å². The van der Waals surface area contributed by atoms with Crippen LogP contribution in [0, 0.1) is 0 Å². The van der Waals surface area contributed by atoms with Gasteiger partial charge >= 0.3 is 0 Å². The van der Waals surface area contributed by atoms with Crippen LogP contribution in [0.1, 0.15) is 43.6 Å². The molecule has 2 rings (SSSR count). The van der Waals surface area contributed by atoms with Crippen LogP contribution in [-0.2, 0) is 11.8 Å². The second-order valence-corrected chi connectivity index (χ2v) is 6.79. The quantitative estimate of drug-likeness (QED) is 0.641. The molecule has 114 valence electrons. The minimum Gasteiger partial charge on any atom is -0.316 e. The van der Waals surface area contributed by atoms with Gasteiger partial charge in [0.2, 0.25) is 0 Å². The molecule has 1 nitrogen and oxygen atoms in total. The van der Waals surface area contributed by atoms with E-state index in [1.165, 1.54) is 36.1 Å². The smallest absolute Gasteiger partial charge is 0.00786 e. The number of rotatable bonds is 9. The molecule has 2 aromatic rings. The van der Waals surface area contributed by atoms with E-state index < -0.39 is 0 Å². The first-order valence-electron chi connectivity index (χ1n) is 8.09. The van der Waals surface area contributed by atoms with Crippen LogP contribution in [-0.4, -0.2) is 13.1 Å². The predicted octanol–water partition coefficient (Wildman–Crippen LogP) is 5.03. The van der Waals surface area contributed by atoms with Gasteiger partial charge in [0.1, 0.15) is 0 Å². The number of benzene rings is 1. The average molecular weight is 301 g/mol. The van der Waals surface area contributed by atoms with E-state index in [4.69, 9.17) is 0 Å². The van der Waals surface area contributed by atoms with Crippen molar-refractivity contribution in [3.63, 3.8) is 0 Å². The number of aryl methyl sites for hydroxylation is 1. The van der Waals surface area contributed by atoms with E-state index in [-0.39, 0.29) is 5.41 Å². The lowest BCUT2D eigenvalue weighted by Crippen LogP contribution is -2.38. The maximum absolute atomic E-state index is 3.66. The summed E-state index contributed by atoms with van der Waals surface area (Å²) in [5.74, 6) is 0. The highest BCUT2D eigenvalue weighted by molar-refractivity contribution is 7.09. The van der Waals surface area contributed by atoms with E-state index in [0.717, 1.165) is 13.1 Å². The van der Waals surface area contributed by atoms with Crippen LogP contribution in [0.15, 0.2) is 47.8 Å². The van der Waals surface area contributed by atoms with Crippen LogP contribution in [0.5, 0.6) is 0 Å². The summed E-state index contributed by atoms with van der Waals surface area (Å²) in [6.45, 7) is 6.74. The third kappa shape index (κ3) is 4.42. The van der Waals surface area contributed by atoms with Gasteiger partial charge in [-0.15, -0.1) is 11.3 Å². The Labute approximate surface area is 133 Å². The van der Waals surface area contributed by atoms with Crippen LogP contribution in [0.2, 0.25) is 0 Å². The van der Waals surface area contributed by atoms with Gasteiger partial charge in [-0.05, 0) is 49.2 Å². The minimum absolute atomic E-state index is 0.250. The van der Waals surface area contributed by atoms with E-state index >= 15 is 0 Å². The van der Waals surface area contributed by atoms with Gasteiger partial charge < -0.3 is 5.32 Å². The molecule has 0 amide bonds. The lowest BCUT2D eigenvalue weighted by atomic mass is 9.74. The monoisotopic (exact) mass is 301 g/mol. The molecule has 0 fully saturated rings. The van der Waals surface area contributed by atoms with Crippen LogP contribution in [0.25, 0.3) is 0 Å². The Morgan fingerprint density at radius 2 is 1.86 bits per heavy atom. The van der Waals surface area contributed by atoms with Crippen molar-refractivity contribution in [3.8, 4) is 0 Å². The molecule has 0 saturated carbocycles. The summed E-state index contributed by atoms with van der Waals surface area (Å²) in [7, 11) is 0. The summed E-state index contributed by atoms with van der Waals surface area (Å²) in [4.78, 5) is 1.50. The third-order valence-electron chi connectivity index (χ3n) is 4.38. The molecule has 0 saturated heterocycles. The Morgan fingerprint density at radius 3 is 2.48 bits per heavy atom. The van der Waals surface area contributed by atoms with Crippen molar-refractivity contribution < 1.29 is 0 Å². The fourth-order valence-electron chi connectivity index (χ4n) is 2.95. The third-order valence-corrected chi connectivity index (χ3v) is 5.32. The molecular formula is C19H27NS. The summed E-state index contributed by atoms with van der Waals surface area (Å²) in [6, 6.07) is 15.5. The van der Waals surface area contributed by atoms with Crippen LogP contribution in [0.3, 0.4) is 0 Å². The zero-order chi connectivity index (χ0) is 15.0. The van der Waals surface area contributed by atoms with Crippen LogP contribution >= 0.6 is 11.3 Å². The van der Waals surface area contributed by atoms with Crippen molar-refractivity contribution >= 4 is 11.3 Å². The molecule has 0 aliphatic heterocycles. The summed E-state index contributed by atoms with van der Waals surface area (Å²) in [5.41, 5.74) is 1.73. The fraction of sp³-hybridized carbons (Fsp3) is 0.474. The first-order valence-corrected chi connectivity index (χ1v) is 8.97. The highest BCUT2D eigenvalue weighted by Crippen LogP contribution is 2.33. The predicted molar refractivity (Wildman–Crippen MR) is 94.2 cm³/mol. The minimum atomic E-state index is 0.250. The van der Waals surface area contributed by atoms with E-state index in [9.17, 15) is 0 Å². The van der Waals surface area contributed by atoms with Crippen molar-refractivity contribution in [1.82, 2.24) is 5.32 Å². The van der Waals surface area contributed by atoms with E-state index in [2.05, 4.69) is 67.0 Å². The molecule has 0 aliphatic carbocycles. The lowest BCUT2D eigenvalue weighted by Gasteiger charge is -2.34. The molecule has 0 radical (unpaired) electrons. The summed E-state index contributed by atoms with van der Waals surface area (Å²) >= 11 is 1.88. The van der Waals surface area contributed by atoms with Gasteiger partial charge in [-0.1, -0.05) is 50.2 Å². The molecule has 1 aromatic heterocycles. The van der Waals surface area contributed by atoms with Gasteiger partial charge in [0.05, 0.1) is 0 Å². The van der Waals surface area contributed by atoms with E-state index in [0.29, 0.717) is 0 Å². The number of hydrogen-bond acceptors (Lipinski definition) is 2. The maximum atomic E-state index is 3.66.